The molecule has 1 aromatic heterocycles. The van der Waals surface area contributed by atoms with Gasteiger partial charge in [0.2, 0.25) is 5.95 Å². The zero-order valence-electron chi connectivity index (χ0n) is 20.1. The molecule has 1 N–H and O–H groups in total. The Morgan fingerprint density at radius 3 is 2.63 bits per heavy atom. The van der Waals surface area contributed by atoms with Gasteiger partial charge >= 0.3 is 6.09 Å². The summed E-state index contributed by atoms with van der Waals surface area (Å²) in [4.78, 5) is 22.8. The van der Waals surface area contributed by atoms with Crippen LogP contribution < -0.4 is 14.8 Å². The Morgan fingerprint density at radius 1 is 1.20 bits per heavy atom. The van der Waals surface area contributed by atoms with E-state index in [0.29, 0.717) is 42.9 Å². The number of carbonyl (C=O) groups excluding carboxylic acids is 1. The van der Waals surface area contributed by atoms with E-state index in [0.717, 1.165) is 5.39 Å². The van der Waals surface area contributed by atoms with E-state index in [2.05, 4.69) is 15.3 Å². The lowest BCUT2D eigenvalue weighted by molar-refractivity contribution is 0.0124. The largest absolute Gasteiger partial charge is 0.493 e. The fourth-order valence-electron chi connectivity index (χ4n) is 3.73. The highest BCUT2D eigenvalue weighted by atomic mass is 35.5. The molecule has 0 unspecified atom stereocenters. The zero-order chi connectivity index (χ0) is 25.2. The van der Waals surface area contributed by atoms with Crippen LogP contribution in [0.25, 0.3) is 10.9 Å². The van der Waals surface area contributed by atoms with E-state index in [1.807, 2.05) is 20.8 Å². The molecule has 0 atom stereocenters. The second kappa shape index (κ2) is 10.1. The first-order valence-corrected chi connectivity index (χ1v) is 11.7. The Kier molecular flexibility index (Phi) is 7.16. The fraction of sp³-hybridized carbons (Fsp3) is 0.400. The van der Waals surface area contributed by atoms with E-state index in [9.17, 15) is 9.18 Å². The van der Waals surface area contributed by atoms with Gasteiger partial charge in [0.05, 0.1) is 23.3 Å². The van der Waals surface area contributed by atoms with Gasteiger partial charge in [0.1, 0.15) is 11.7 Å². The molecule has 1 aliphatic rings. The molecule has 0 spiro atoms. The van der Waals surface area contributed by atoms with Gasteiger partial charge < -0.3 is 24.4 Å². The van der Waals surface area contributed by atoms with Crippen LogP contribution in [0.2, 0.25) is 5.02 Å². The van der Waals surface area contributed by atoms with E-state index >= 15 is 0 Å². The minimum Gasteiger partial charge on any atom is -0.493 e. The Labute approximate surface area is 208 Å². The average molecular weight is 503 g/mol. The molecular formula is C25H28ClFN4O4. The fourth-order valence-corrected chi connectivity index (χ4v) is 3.91. The van der Waals surface area contributed by atoms with Gasteiger partial charge in [0, 0.05) is 43.6 Å². The number of anilines is 2. The predicted octanol–water partition coefficient (Wildman–Crippen LogP) is 5.95. The maximum atomic E-state index is 14.3. The molecule has 1 aliphatic heterocycles. The van der Waals surface area contributed by atoms with E-state index in [4.69, 9.17) is 25.8 Å². The first kappa shape index (κ1) is 24.8. The molecule has 3 aromatic rings. The highest BCUT2D eigenvalue weighted by Gasteiger charge is 2.28. The zero-order valence-corrected chi connectivity index (χ0v) is 20.9. The molecule has 1 amide bonds. The summed E-state index contributed by atoms with van der Waals surface area (Å²) in [7, 11) is 1.57. The second-order valence-electron chi connectivity index (χ2n) is 9.27. The summed E-state index contributed by atoms with van der Waals surface area (Å²) in [6.07, 6.45) is 2.53. The molecule has 0 bridgehead atoms. The van der Waals surface area contributed by atoms with Crippen LogP contribution in [0.15, 0.2) is 36.5 Å². The number of nitrogens with zero attached hydrogens (tertiary/aromatic N) is 3. The molecule has 1 saturated heterocycles. The number of hydrogen-bond acceptors (Lipinski definition) is 7. The monoisotopic (exact) mass is 502 g/mol. The number of hydrogen-bond donors (Lipinski definition) is 1. The Bertz CT molecular complexity index is 1230. The molecule has 2 aromatic carbocycles. The number of ether oxygens (including phenoxy) is 3. The summed E-state index contributed by atoms with van der Waals surface area (Å²) in [6, 6.07) is 8.23. The first-order chi connectivity index (χ1) is 16.6. The van der Waals surface area contributed by atoms with Crippen molar-refractivity contribution in [2.75, 3.05) is 25.5 Å². The number of halogens is 2. The van der Waals surface area contributed by atoms with Crippen molar-refractivity contribution in [1.29, 1.82) is 0 Å². The number of aromatic nitrogens is 2. The summed E-state index contributed by atoms with van der Waals surface area (Å²) >= 11 is 5.86. The van der Waals surface area contributed by atoms with Gasteiger partial charge in [-0.3, -0.25) is 0 Å². The van der Waals surface area contributed by atoms with Crippen LogP contribution in [-0.2, 0) is 4.74 Å². The van der Waals surface area contributed by atoms with Gasteiger partial charge in [0.15, 0.2) is 17.3 Å². The number of nitrogens with one attached hydrogen (secondary N) is 1. The summed E-state index contributed by atoms with van der Waals surface area (Å²) in [5.74, 6) is 0.737. The van der Waals surface area contributed by atoms with E-state index < -0.39 is 11.4 Å². The van der Waals surface area contributed by atoms with Crippen molar-refractivity contribution in [2.24, 2.45) is 0 Å². The lowest BCUT2D eigenvalue weighted by atomic mass is 10.1. The summed E-state index contributed by atoms with van der Waals surface area (Å²) in [5, 5.41) is 3.61. The highest BCUT2D eigenvalue weighted by molar-refractivity contribution is 6.31. The Balaban J connectivity index is 1.48. The van der Waals surface area contributed by atoms with Crippen molar-refractivity contribution >= 4 is 40.2 Å². The van der Waals surface area contributed by atoms with Gasteiger partial charge in [-0.2, -0.15) is 0 Å². The van der Waals surface area contributed by atoms with Crippen LogP contribution in [0, 0.1) is 5.82 Å². The number of rotatable bonds is 5. The quantitative estimate of drug-likeness (QED) is 0.461. The molecule has 0 aliphatic carbocycles. The molecule has 35 heavy (non-hydrogen) atoms. The predicted molar refractivity (Wildman–Crippen MR) is 132 cm³/mol. The number of methoxy groups -OCH3 is 1. The molecule has 186 valence electrons. The van der Waals surface area contributed by atoms with Crippen LogP contribution in [0.5, 0.6) is 11.5 Å². The number of benzene rings is 2. The normalized spacial score (nSPS) is 14.6. The molecule has 0 saturated carbocycles. The number of piperidine rings is 1. The third-order valence-corrected chi connectivity index (χ3v) is 5.74. The summed E-state index contributed by atoms with van der Waals surface area (Å²) in [6.45, 7) is 6.63. The number of amides is 1. The standard InChI is InChI=1S/C25H28ClFN4O4/c1-25(2,3)35-24(32)31-10-8-16(9-11-31)34-21-13-19-15(12-20(21)33-4)14-28-23(30-19)29-18-7-5-6-17(26)22(18)27/h5-7,12-14,16H,8-11H2,1-4H3,(H,28,29,30). The number of carbonyl (C=O) groups is 1. The number of likely N-dealkylation sites (tertiary alicyclic amines) is 1. The van der Waals surface area contributed by atoms with E-state index in [1.54, 1.807) is 42.5 Å². The van der Waals surface area contributed by atoms with Crippen molar-refractivity contribution in [3.05, 3.63) is 47.4 Å². The SMILES string of the molecule is COc1cc2cnc(Nc3cccc(Cl)c3F)nc2cc1OC1CCN(C(=O)OC(C)(C)C)CC1. The molecule has 1 fully saturated rings. The van der Waals surface area contributed by atoms with Crippen LogP contribution in [0.3, 0.4) is 0 Å². The molecule has 10 heteroatoms. The van der Waals surface area contributed by atoms with Crippen LogP contribution in [-0.4, -0.2) is 52.9 Å². The summed E-state index contributed by atoms with van der Waals surface area (Å²) < 4.78 is 31.5. The molecule has 4 rings (SSSR count). The first-order valence-electron chi connectivity index (χ1n) is 11.3. The van der Waals surface area contributed by atoms with Crippen LogP contribution in [0.4, 0.5) is 20.8 Å². The second-order valence-corrected chi connectivity index (χ2v) is 9.67. The van der Waals surface area contributed by atoms with Crippen molar-refractivity contribution in [3.63, 3.8) is 0 Å². The van der Waals surface area contributed by atoms with Crippen molar-refractivity contribution in [1.82, 2.24) is 14.9 Å². The third-order valence-electron chi connectivity index (χ3n) is 5.45. The molecule has 2 heterocycles. The van der Waals surface area contributed by atoms with E-state index in [1.165, 1.54) is 6.07 Å². The van der Waals surface area contributed by atoms with Crippen LogP contribution >= 0.6 is 11.6 Å². The van der Waals surface area contributed by atoms with Crippen molar-refractivity contribution in [3.8, 4) is 11.5 Å². The average Bonchev–Trinajstić information content (AvgIpc) is 2.81. The minimum absolute atomic E-state index is 0.00827. The van der Waals surface area contributed by atoms with Gasteiger partial charge in [-0.05, 0) is 39.0 Å². The summed E-state index contributed by atoms with van der Waals surface area (Å²) in [5.41, 5.74) is 0.252. The minimum atomic E-state index is -0.575. The van der Waals surface area contributed by atoms with Crippen molar-refractivity contribution in [2.45, 2.75) is 45.3 Å². The molecular weight excluding hydrogens is 475 g/mol. The van der Waals surface area contributed by atoms with Crippen molar-refractivity contribution < 1.29 is 23.4 Å². The molecule has 0 radical (unpaired) electrons. The lowest BCUT2D eigenvalue weighted by Crippen LogP contribution is -2.44. The Morgan fingerprint density at radius 2 is 1.94 bits per heavy atom. The third kappa shape index (κ3) is 6.03. The van der Waals surface area contributed by atoms with Gasteiger partial charge in [-0.1, -0.05) is 17.7 Å². The topological polar surface area (TPSA) is 85.8 Å². The van der Waals surface area contributed by atoms with Gasteiger partial charge in [0.25, 0.3) is 0 Å². The maximum Gasteiger partial charge on any atom is 0.410 e. The Hall–Kier alpha value is -3.33. The highest BCUT2D eigenvalue weighted by Crippen LogP contribution is 2.34. The van der Waals surface area contributed by atoms with Gasteiger partial charge in [-0.15, -0.1) is 0 Å². The van der Waals surface area contributed by atoms with E-state index in [-0.39, 0.29) is 28.9 Å². The maximum absolute atomic E-state index is 14.3. The lowest BCUT2D eigenvalue weighted by Gasteiger charge is -2.33. The number of fused-ring (bicyclic) bond motifs is 1. The smallest absolute Gasteiger partial charge is 0.410 e. The van der Waals surface area contributed by atoms with Crippen LogP contribution in [0.1, 0.15) is 33.6 Å². The van der Waals surface area contributed by atoms with Gasteiger partial charge in [-0.25, -0.2) is 19.2 Å². The molecule has 8 nitrogen and oxygen atoms in total.